The predicted molar refractivity (Wildman–Crippen MR) is 69.3 cm³/mol. The van der Waals surface area contributed by atoms with E-state index in [1.165, 1.54) is 7.11 Å². The molecule has 1 heterocycles. The molecular weight excluding hydrogens is 273 g/mol. The molecule has 0 bridgehead atoms. The summed E-state index contributed by atoms with van der Waals surface area (Å²) in [7, 11) is 1.43. The summed E-state index contributed by atoms with van der Waals surface area (Å²) in [5, 5.41) is 0. The van der Waals surface area contributed by atoms with Crippen molar-refractivity contribution in [3.05, 3.63) is 0 Å². The molecule has 1 saturated heterocycles. The molecule has 1 aliphatic rings. The molecule has 1 amide bonds. The molecule has 1 atom stereocenters. The molecule has 0 aromatic carbocycles. The van der Waals surface area contributed by atoms with E-state index < -0.39 is 12.7 Å². The third kappa shape index (κ3) is 6.56. The smallest absolute Gasteiger partial charge is 0.383 e. The molecule has 4 nitrogen and oxygen atoms in total. The van der Waals surface area contributed by atoms with Crippen LogP contribution in [0.2, 0.25) is 0 Å². The normalized spacial score (nSPS) is 20.5. The number of hydrogen-bond acceptors (Lipinski definition) is 3. The summed E-state index contributed by atoms with van der Waals surface area (Å²) < 4.78 is 42.2. The quantitative estimate of drug-likeness (QED) is 0.749. The minimum absolute atomic E-state index is 0.102. The lowest BCUT2D eigenvalue weighted by Gasteiger charge is -2.33. The predicted octanol–water partition coefficient (Wildman–Crippen LogP) is 1.76. The van der Waals surface area contributed by atoms with E-state index in [4.69, 9.17) is 4.74 Å². The Hall–Kier alpha value is -0.820. The average Bonchev–Trinajstić information content (AvgIpc) is 2.34. The number of carbonyl (C=O) groups excluding carboxylic acids is 1. The number of ether oxygens (including phenoxy) is 1. The number of likely N-dealkylation sites (tertiary alicyclic amines) is 1. The number of alkyl halides is 3. The zero-order valence-electron chi connectivity index (χ0n) is 12.1. The van der Waals surface area contributed by atoms with E-state index in [9.17, 15) is 18.0 Å². The van der Waals surface area contributed by atoms with Crippen molar-refractivity contribution in [3.8, 4) is 0 Å². The van der Waals surface area contributed by atoms with Crippen molar-refractivity contribution in [2.24, 2.45) is 5.92 Å². The highest BCUT2D eigenvalue weighted by Gasteiger charge is 2.32. The van der Waals surface area contributed by atoms with Crippen LogP contribution in [0.5, 0.6) is 0 Å². The number of rotatable bonds is 6. The molecule has 20 heavy (non-hydrogen) atoms. The summed E-state index contributed by atoms with van der Waals surface area (Å²) in [5.41, 5.74) is 0. The Morgan fingerprint density at radius 1 is 1.45 bits per heavy atom. The van der Waals surface area contributed by atoms with E-state index in [1.807, 2.05) is 0 Å². The molecule has 0 aliphatic carbocycles. The summed E-state index contributed by atoms with van der Waals surface area (Å²) in [6.45, 7) is 2.35. The number of amides is 1. The minimum Gasteiger partial charge on any atom is -0.383 e. The summed E-state index contributed by atoms with van der Waals surface area (Å²) in [6.07, 6.45) is -2.31. The second-order valence-electron chi connectivity index (χ2n) is 5.41. The van der Waals surface area contributed by atoms with Gasteiger partial charge < -0.3 is 9.64 Å². The topological polar surface area (TPSA) is 32.8 Å². The molecule has 0 saturated carbocycles. The van der Waals surface area contributed by atoms with Crippen LogP contribution >= 0.6 is 0 Å². The highest BCUT2D eigenvalue weighted by atomic mass is 19.4. The van der Waals surface area contributed by atoms with Gasteiger partial charge in [0.1, 0.15) is 0 Å². The molecule has 0 aromatic heterocycles. The molecule has 0 spiro atoms. The molecule has 0 N–H and O–H groups in total. The van der Waals surface area contributed by atoms with E-state index in [0.717, 1.165) is 17.7 Å². The Bertz CT molecular complexity index is 310. The largest absolute Gasteiger partial charge is 0.401 e. The first-order valence-corrected chi connectivity index (χ1v) is 6.87. The third-order valence-electron chi connectivity index (χ3n) is 3.38. The monoisotopic (exact) mass is 296 g/mol. The first-order chi connectivity index (χ1) is 9.31. The summed E-state index contributed by atoms with van der Waals surface area (Å²) in [4.78, 5) is 14.9. The fraction of sp³-hybridized carbons (Fsp3) is 0.923. The fourth-order valence-corrected chi connectivity index (χ4v) is 2.40. The molecule has 7 heteroatoms. The Morgan fingerprint density at radius 2 is 2.15 bits per heavy atom. The molecule has 1 fully saturated rings. The van der Waals surface area contributed by atoms with Crippen molar-refractivity contribution < 1.29 is 22.7 Å². The number of piperidine rings is 1. The van der Waals surface area contributed by atoms with Gasteiger partial charge in [-0.05, 0) is 18.8 Å². The van der Waals surface area contributed by atoms with Crippen LogP contribution in [0, 0.1) is 5.92 Å². The van der Waals surface area contributed by atoms with Gasteiger partial charge in [-0.1, -0.05) is 6.92 Å². The van der Waals surface area contributed by atoms with E-state index in [-0.39, 0.29) is 25.6 Å². The fourth-order valence-electron chi connectivity index (χ4n) is 2.40. The summed E-state index contributed by atoms with van der Waals surface area (Å²) >= 11 is 0. The maximum Gasteiger partial charge on any atom is 0.401 e. The SMILES string of the molecule is COCCN(CC(=O)N1CCC[C@@H](C)C1)CC(F)(F)F. The first-order valence-electron chi connectivity index (χ1n) is 6.87. The van der Waals surface area contributed by atoms with Crippen LogP contribution in [0.25, 0.3) is 0 Å². The molecule has 1 aliphatic heterocycles. The maximum atomic E-state index is 12.5. The van der Waals surface area contributed by atoms with Crippen LogP contribution in [0.4, 0.5) is 13.2 Å². The maximum absolute atomic E-state index is 12.5. The molecular formula is C13H23F3N2O2. The van der Waals surface area contributed by atoms with Crippen molar-refractivity contribution in [1.82, 2.24) is 9.80 Å². The van der Waals surface area contributed by atoms with E-state index >= 15 is 0 Å². The van der Waals surface area contributed by atoms with Crippen molar-refractivity contribution in [2.45, 2.75) is 25.9 Å². The van der Waals surface area contributed by atoms with Crippen LogP contribution < -0.4 is 0 Å². The second-order valence-corrected chi connectivity index (χ2v) is 5.41. The van der Waals surface area contributed by atoms with Gasteiger partial charge in [-0.2, -0.15) is 13.2 Å². The van der Waals surface area contributed by atoms with Gasteiger partial charge in [0.15, 0.2) is 0 Å². The van der Waals surface area contributed by atoms with Crippen molar-refractivity contribution in [1.29, 1.82) is 0 Å². The Labute approximate surface area is 117 Å². The minimum atomic E-state index is -4.30. The van der Waals surface area contributed by atoms with E-state index in [2.05, 4.69) is 6.92 Å². The van der Waals surface area contributed by atoms with Gasteiger partial charge >= 0.3 is 6.18 Å². The highest BCUT2D eigenvalue weighted by molar-refractivity contribution is 5.78. The van der Waals surface area contributed by atoms with Gasteiger partial charge in [0.05, 0.1) is 19.7 Å². The van der Waals surface area contributed by atoms with Crippen molar-refractivity contribution in [3.63, 3.8) is 0 Å². The molecule has 0 aromatic rings. The van der Waals surface area contributed by atoms with Gasteiger partial charge in [0, 0.05) is 26.7 Å². The molecule has 1 rings (SSSR count). The van der Waals surface area contributed by atoms with Crippen LogP contribution in [0.1, 0.15) is 19.8 Å². The molecule has 0 radical (unpaired) electrons. The van der Waals surface area contributed by atoms with Crippen LogP contribution in [0.15, 0.2) is 0 Å². The van der Waals surface area contributed by atoms with Crippen molar-refractivity contribution >= 4 is 5.91 Å². The van der Waals surface area contributed by atoms with Crippen LogP contribution in [0.3, 0.4) is 0 Å². The second kappa shape index (κ2) is 7.83. The number of methoxy groups -OCH3 is 1. The first kappa shape index (κ1) is 17.2. The standard InChI is InChI=1S/C13H23F3N2O2/c1-11-4-3-5-18(8-11)12(19)9-17(6-7-20-2)10-13(14,15)16/h11H,3-10H2,1-2H3/t11-/m1/s1. The zero-order chi connectivity index (χ0) is 15.2. The zero-order valence-corrected chi connectivity index (χ0v) is 12.1. The number of halogens is 3. The summed E-state index contributed by atoms with van der Waals surface area (Å²) in [6, 6.07) is 0. The number of nitrogens with zero attached hydrogens (tertiary/aromatic N) is 2. The third-order valence-corrected chi connectivity index (χ3v) is 3.38. The molecule has 118 valence electrons. The van der Waals surface area contributed by atoms with Crippen LogP contribution in [-0.2, 0) is 9.53 Å². The summed E-state index contributed by atoms with van der Waals surface area (Å²) in [5.74, 6) is 0.194. The lowest BCUT2D eigenvalue weighted by Crippen LogP contribution is -2.47. The average molecular weight is 296 g/mol. The molecule has 0 unspecified atom stereocenters. The van der Waals surface area contributed by atoms with E-state index in [1.54, 1.807) is 4.90 Å². The lowest BCUT2D eigenvalue weighted by atomic mass is 10.0. The van der Waals surface area contributed by atoms with Gasteiger partial charge in [-0.15, -0.1) is 0 Å². The Kier molecular flexibility index (Phi) is 6.75. The number of carbonyl (C=O) groups is 1. The van der Waals surface area contributed by atoms with Gasteiger partial charge in [0.25, 0.3) is 0 Å². The van der Waals surface area contributed by atoms with Crippen molar-refractivity contribution in [2.75, 3.05) is 46.4 Å². The lowest BCUT2D eigenvalue weighted by molar-refractivity contribution is -0.153. The Balaban J connectivity index is 2.51. The van der Waals surface area contributed by atoms with Crippen LogP contribution in [-0.4, -0.2) is 68.3 Å². The number of hydrogen-bond donors (Lipinski definition) is 0. The van der Waals surface area contributed by atoms with Gasteiger partial charge in [-0.3, -0.25) is 9.69 Å². The van der Waals surface area contributed by atoms with E-state index in [0.29, 0.717) is 19.0 Å². The highest BCUT2D eigenvalue weighted by Crippen LogP contribution is 2.18. The Morgan fingerprint density at radius 3 is 2.70 bits per heavy atom. The van der Waals surface area contributed by atoms with Gasteiger partial charge in [0.2, 0.25) is 5.91 Å². The van der Waals surface area contributed by atoms with Gasteiger partial charge in [-0.25, -0.2) is 0 Å².